The number of alkyl halides is 1. The molecule has 3 rings (SSSR count). The lowest BCUT2D eigenvalue weighted by Gasteiger charge is -2.23. The zero-order chi connectivity index (χ0) is 18.2. The zero-order valence-corrected chi connectivity index (χ0v) is 15.1. The second-order valence-corrected chi connectivity index (χ2v) is 8.01. The summed E-state index contributed by atoms with van der Waals surface area (Å²) in [6, 6.07) is 1.94. The van der Waals surface area contributed by atoms with E-state index < -0.39 is 12.2 Å². The summed E-state index contributed by atoms with van der Waals surface area (Å²) in [6.07, 6.45) is 3.18. The van der Waals surface area contributed by atoms with Crippen molar-refractivity contribution in [1.82, 2.24) is 19.5 Å². The van der Waals surface area contributed by atoms with Crippen molar-refractivity contribution in [3.63, 3.8) is 0 Å². The van der Waals surface area contributed by atoms with E-state index in [9.17, 15) is 14.4 Å². The molecule has 1 aliphatic heterocycles. The summed E-state index contributed by atoms with van der Waals surface area (Å²) in [5.74, 6) is 1.00. The number of hydrogen-bond acceptors (Lipinski definition) is 6. The third kappa shape index (κ3) is 3.29. The second kappa shape index (κ2) is 6.56. The predicted molar refractivity (Wildman–Crippen MR) is 93.1 cm³/mol. The molecular weight excluding hydrogens is 341 g/mol. The standard InChI is InChI=1S/C17H18FN5OS/c1-17(2,3)15-20-6-11(7-21-15)13-12(5-19)14(24)23-8-10(4-18)9-25-16(23)22-13/h6-7,10H,4,8-9H2,1-3H3/t10-/m0/s1. The van der Waals surface area contributed by atoms with Gasteiger partial charge in [-0.25, -0.2) is 15.0 Å². The van der Waals surface area contributed by atoms with Gasteiger partial charge in [-0.05, 0) is 0 Å². The summed E-state index contributed by atoms with van der Waals surface area (Å²) in [5, 5.41) is 9.95. The van der Waals surface area contributed by atoms with Crippen LogP contribution in [0.25, 0.3) is 11.3 Å². The van der Waals surface area contributed by atoms with Gasteiger partial charge in [-0.3, -0.25) is 13.8 Å². The smallest absolute Gasteiger partial charge is 0.272 e. The van der Waals surface area contributed by atoms with Crippen molar-refractivity contribution in [2.75, 3.05) is 12.4 Å². The van der Waals surface area contributed by atoms with Crippen molar-refractivity contribution in [1.29, 1.82) is 5.26 Å². The van der Waals surface area contributed by atoms with Gasteiger partial charge >= 0.3 is 0 Å². The van der Waals surface area contributed by atoms with Crippen LogP contribution in [0.5, 0.6) is 0 Å². The molecule has 0 amide bonds. The molecule has 25 heavy (non-hydrogen) atoms. The number of rotatable bonds is 2. The molecule has 0 spiro atoms. The molecule has 6 nitrogen and oxygen atoms in total. The third-order valence-electron chi connectivity index (χ3n) is 3.95. The number of halogens is 1. The Bertz CT molecular complexity index is 895. The molecule has 130 valence electrons. The quantitative estimate of drug-likeness (QED) is 0.766. The number of hydrogen-bond donors (Lipinski definition) is 0. The van der Waals surface area contributed by atoms with Gasteiger partial charge in [-0.15, -0.1) is 0 Å². The SMILES string of the molecule is CC(C)(C)c1ncc(-c2nc3n(c(=O)c2C#N)C[C@H](CF)CS3)cn1. The first-order valence-electron chi connectivity index (χ1n) is 7.91. The molecule has 0 saturated heterocycles. The number of fused-ring (bicyclic) bond motifs is 1. The van der Waals surface area contributed by atoms with E-state index in [1.165, 1.54) is 16.3 Å². The Hall–Kier alpha value is -2.27. The third-order valence-corrected chi connectivity index (χ3v) is 5.16. The van der Waals surface area contributed by atoms with Crippen LogP contribution in [0.2, 0.25) is 0 Å². The molecule has 3 heterocycles. The Balaban J connectivity index is 2.10. The van der Waals surface area contributed by atoms with Gasteiger partial charge in [0, 0.05) is 41.6 Å². The highest BCUT2D eigenvalue weighted by atomic mass is 32.2. The lowest BCUT2D eigenvalue weighted by Crippen LogP contribution is -2.33. The average Bonchev–Trinajstić information content (AvgIpc) is 2.60. The van der Waals surface area contributed by atoms with Gasteiger partial charge in [0.15, 0.2) is 5.16 Å². The topological polar surface area (TPSA) is 84.5 Å². The van der Waals surface area contributed by atoms with E-state index in [2.05, 4.69) is 15.0 Å². The van der Waals surface area contributed by atoms with Gasteiger partial charge in [0.25, 0.3) is 5.56 Å². The molecule has 0 unspecified atom stereocenters. The Labute approximate surface area is 149 Å². The van der Waals surface area contributed by atoms with Crippen molar-refractivity contribution in [2.45, 2.75) is 37.9 Å². The monoisotopic (exact) mass is 359 g/mol. The Morgan fingerprint density at radius 2 is 2.08 bits per heavy atom. The molecule has 0 aromatic carbocycles. The first kappa shape index (κ1) is 17.5. The van der Waals surface area contributed by atoms with Gasteiger partial charge in [0.2, 0.25) is 0 Å². The molecule has 1 atom stereocenters. The second-order valence-electron chi connectivity index (χ2n) is 7.02. The lowest BCUT2D eigenvalue weighted by atomic mass is 9.95. The molecule has 0 N–H and O–H groups in total. The van der Waals surface area contributed by atoms with E-state index in [1.807, 2.05) is 26.8 Å². The summed E-state index contributed by atoms with van der Waals surface area (Å²) in [4.78, 5) is 25.8. The maximum absolute atomic E-state index is 12.9. The molecule has 0 radical (unpaired) electrons. The molecule has 2 aromatic rings. The van der Waals surface area contributed by atoms with Crippen molar-refractivity contribution >= 4 is 11.8 Å². The van der Waals surface area contributed by atoms with E-state index in [0.717, 1.165) is 0 Å². The van der Waals surface area contributed by atoms with Gasteiger partial charge in [0.1, 0.15) is 17.5 Å². The van der Waals surface area contributed by atoms with Crippen molar-refractivity contribution in [3.05, 3.63) is 34.1 Å². The first-order valence-corrected chi connectivity index (χ1v) is 8.90. The highest BCUT2D eigenvalue weighted by molar-refractivity contribution is 7.99. The lowest BCUT2D eigenvalue weighted by molar-refractivity contribution is 0.330. The van der Waals surface area contributed by atoms with Crippen LogP contribution >= 0.6 is 11.8 Å². The van der Waals surface area contributed by atoms with E-state index in [-0.39, 0.29) is 29.1 Å². The minimum Gasteiger partial charge on any atom is -0.286 e. The van der Waals surface area contributed by atoms with E-state index >= 15 is 0 Å². The van der Waals surface area contributed by atoms with Crippen molar-refractivity contribution < 1.29 is 4.39 Å². The largest absolute Gasteiger partial charge is 0.286 e. The van der Waals surface area contributed by atoms with E-state index in [1.54, 1.807) is 12.4 Å². The Kier molecular flexibility index (Phi) is 4.60. The Morgan fingerprint density at radius 1 is 1.40 bits per heavy atom. The van der Waals surface area contributed by atoms with Crippen molar-refractivity contribution in [2.24, 2.45) is 5.92 Å². The van der Waals surface area contributed by atoms with Crippen LogP contribution in [0.1, 0.15) is 32.2 Å². The number of aromatic nitrogens is 4. The molecule has 0 aliphatic carbocycles. The molecule has 0 bridgehead atoms. The van der Waals surface area contributed by atoms with Crippen LogP contribution in [-0.4, -0.2) is 31.9 Å². The van der Waals surface area contributed by atoms with Crippen LogP contribution in [0, 0.1) is 17.2 Å². The fourth-order valence-corrected chi connectivity index (χ4v) is 3.60. The highest BCUT2D eigenvalue weighted by Crippen LogP contribution is 2.29. The van der Waals surface area contributed by atoms with Gasteiger partial charge < -0.3 is 0 Å². The van der Waals surface area contributed by atoms with Crippen LogP contribution in [0.3, 0.4) is 0 Å². The van der Waals surface area contributed by atoms with Gasteiger partial charge in [-0.1, -0.05) is 32.5 Å². The summed E-state index contributed by atoms with van der Waals surface area (Å²) in [7, 11) is 0. The predicted octanol–water partition coefficient (Wildman–Crippen LogP) is 2.56. The average molecular weight is 359 g/mol. The molecule has 0 saturated carbocycles. The maximum Gasteiger partial charge on any atom is 0.272 e. The fourth-order valence-electron chi connectivity index (χ4n) is 2.55. The number of thioether (sulfide) groups is 1. The number of nitriles is 1. The zero-order valence-electron chi connectivity index (χ0n) is 14.3. The molecule has 0 fully saturated rings. The molecule has 2 aromatic heterocycles. The minimum atomic E-state index is -0.495. The normalized spacial score (nSPS) is 17.0. The summed E-state index contributed by atoms with van der Waals surface area (Å²) in [5.41, 5.74) is 0.115. The molecular formula is C17H18FN5OS. The summed E-state index contributed by atoms with van der Waals surface area (Å²) >= 11 is 1.33. The van der Waals surface area contributed by atoms with Gasteiger partial charge in [0.05, 0.1) is 12.4 Å². The minimum absolute atomic E-state index is 0.0593. The first-order chi connectivity index (χ1) is 11.8. The summed E-state index contributed by atoms with van der Waals surface area (Å²) < 4.78 is 14.3. The fraction of sp³-hybridized carbons (Fsp3) is 0.471. The van der Waals surface area contributed by atoms with Crippen LogP contribution < -0.4 is 5.56 Å². The van der Waals surface area contributed by atoms with E-state index in [4.69, 9.17) is 0 Å². The Morgan fingerprint density at radius 3 is 2.64 bits per heavy atom. The van der Waals surface area contributed by atoms with E-state index in [0.29, 0.717) is 22.3 Å². The highest BCUT2D eigenvalue weighted by Gasteiger charge is 2.26. The van der Waals surface area contributed by atoms with Crippen molar-refractivity contribution in [3.8, 4) is 17.3 Å². The maximum atomic E-state index is 12.9. The van der Waals surface area contributed by atoms with Crippen LogP contribution in [0.4, 0.5) is 4.39 Å². The van der Waals surface area contributed by atoms with Gasteiger partial charge in [-0.2, -0.15) is 5.26 Å². The molecule has 1 aliphatic rings. The van der Waals surface area contributed by atoms with Crippen LogP contribution in [-0.2, 0) is 12.0 Å². The number of nitrogens with zero attached hydrogens (tertiary/aromatic N) is 5. The molecule has 8 heteroatoms. The van der Waals surface area contributed by atoms with Crippen LogP contribution in [0.15, 0.2) is 22.3 Å². The summed E-state index contributed by atoms with van der Waals surface area (Å²) in [6.45, 7) is 5.77.